The van der Waals surface area contributed by atoms with Gasteiger partial charge in [0.2, 0.25) is 0 Å². The third kappa shape index (κ3) is 4.15. The molecule has 3 aliphatic carbocycles. The summed E-state index contributed by atoms with van der Waals surface area (Å²) < 4.78 is 6.73. The van der Waals surface area contributed by atoms with E-state index in [1.54, 1.807) is 0 Å². The Labute approximate surface area is 343 Å². The van der Waals surface area contributed by atoms with E-state index in [0.717, 1.165) is 39.0 Å². The van der Waals surface area contributed by atoms with Gasteiger partial charge in [-0.1, -0.05) is 158 Å². The van der Waals surface area contributed by atoms with Gasteiger partial charge in [0.25, 0.3) is 0 Å². The van der Waals surface area contributed by atoms with Crippen LogP contribution in [0, 0.1) is 0 Å². The fourth-order valence-electron chi connectivity index (χ4n) is 11.4. The Hall–Kier alpha value is -7.42. The molecular formula is C57H37NO. The molecule has 1 spiro atoms. The molecule has 10 aromatic rings. The van der Waals surface area contributed by atoms with Crippen LogP contribution in [0.2, 0.25) is 0 Å². The van der Waals surface area contributed by atoms with Crippen molar-refractivity contribution in [3.63, 3.8) is 0 Å². The molecular weight excluding hydrogens is 715 g/mol. The first-order chi connectivity index (χ1) is 29.2. The second-order valence-corrected chi connectivity index (χ2v) is 16.5. The number of rotatable bonds is 4. The molecule has 0 atom stereocenters. The molecule has 276 valence electrons. The lowest BCUT2D eigenvalue weighted by atomic mass is 9.70. The van der Waals surface area contributed by atoms with Gasteiger partial charge in [-0.05, 0) is 128 Å². The fraction of sp³-hybridized carbons (Fsp3) is 0.0526. The second-order valence-electron chi connectivity index (χ2n) is 16.5. The molecule has 0 aliphatic heterocycles. The second kappa shape index (κ2) is 11.8. The fourth-order valence-corrected chi connectivity index (χ4v) is 11.4. The molecule has 0 amide bonds. The Morgan fingerprint density at radius 2 is 0.797 bits per heavy atom. The highest BCUT2D eigenvalue weighted by Crippen LogP contribution is 2.63. The maximum atomic E-state index is 6.73. The summed E-state index contributed by atoms with van der Waals surface area (Å²) in [6.45, 7) is 2.39. The first kappa shape index (κ1) is 32.6. The highest BCUT2D eigenvalue weighted by atomic mass is 16.3. The number of hydrogen-bond donors (Lipinski definition) is 0. The standard InChI is InChI=1S/C57H37NO/c1-56(46-23-10-5-18-39(46)40-19-6-11-24-47(40)56)51-28-15-29-54-55(51)45-34-37(31-33-53(45)59-54)58(36-16-3-2-4-17-36)38-30-32-44-43-22-9-14-27-50(43)57(52(44)35-38)48-25-12-7-20-41(48)42-21-8-13-26-49(42)57/h2-35H,1H3. The highest BCUT2D eigenvalue weighted by molar-refractivity contribution is 6.10. The van der Waals surface area contributed by atoms with E-state index in [1.165, 1.54) is 72.3 Å². The molecule has 1 heterocycles. The average Bonchev–Trinajstić information content (AvgIpc) is 4.00. The van der Waals surface area contributed by atoms with Gasteiger partial charge >= 0.3 is 0 Å². The SMILES string of the molecule is CC1(c2cccc3oc4ccc(N(c5ccccc5)c5ccc6c(c5)C5(c7ccccc7-c7ccccc75)c5ccccc5-6)cc4c23)c2ccccc2-c2ccccc21. The monoisotopic (exact) mass is 751 g/mol. The zero-order chi connectivity index (χ0) is 38.9. The summed E-state index contributed by atoms with van der Waals surface area (Å²) in [6.07, 6.45) is 0. The molecule has 2 heteroatoms. The van der Waals surface area contributed by atoms with Gasteiger partial charge in [0.1, 0.15) is 11.2 Å². The molecule has 13 rings (SSSR count). The lowest BCUT2D eigenvalue weighted by Crippen LogP contribution is -2.26. The van der Waals surface area contributed by atoms with Gasteiger partial charge in [-0.15, -0.1) is 0 Å². The quantitative estimate of drug-likeness (QED) is 0.178. The third-order valence-corrected chi connectivity index (χ3v) is 13.8. The van der Waals surface area contributed by atoms with Crippen LogP contribution in [0.1, 0.15) is 45.9 Å². The van der Waals surface area contributed by atoms with E-state index in [0.29, 0.717) is 0 Å². The molecule has 0 bridgehead atoms. The van der Waals surface area contributed by atoms with Crippen molar-refractivity contribution in [1.29, 1.82) is 0 Å². The van der Waals surface area contributed by atoms with Crippen molar-refractivity contribution in [2.75, 3.05) is 4.90 Å². The van der Waals surface area contributed by atoms with Crippen molar-refractivity contribution < 1.29 is 4.42 Å². The summed E-state index contributed by atoms with van der Waals surface area (Å²) in [5.74, 6) is 0. The molecule has 3 aliphatic rings. The van der Waals surface area contributed by atoms with E-state index in [9.17, 15) is 0 Å². The van der Waals surface area contributed by atoms with E-state index in [4.69, 9.17) is 4.42 Å². The third-order valence-electron chi connectivity index (χ3n) is 13.8. The van der Waals surface area contributed by atoms with Crippen molar-refractivity contribution >= 4 is 39.0 Å². The van der Waals surface area contributed by atoms with Crippen molar-refractivity contribution in [1.82, 2.24) is 0 Å². The minimum Gasteiger partial charge on any atom is -0.456 e. The largest absolute Gasteiger partial charge is 0.456 e. The van der Waals surface area contributed by atoms with Crippen molar-refractivity contribution in [3.8, 4) is 33.4 Å². The van der Waals surface area contributed by atoms with Crippen LogP contribution >= 0.6 is 0 Å². The molecule has 2 nitrogen and oxygen atoms in total. The smallest absolute Gasteiger partial charge is 0.135 e. The zero-order valence-electron chi connectivity index (χ0n) is 32.5. The molecule has 0 radical (unpaired) electrons. The Morgan fingerprint density at radius 3 is 1.39 bits per heavy atom. The molecule has 0 fully saturated rings. The van der Waals surface area contributed by atoms with Crippen LogP contribution in [0.5, 0.6) is 0 Å². The normalized spacial score (nSPS) is 14.5. The van der Waals surface area contributed by atoms with Crippen LogP contribution in [0.15, 0.2) is 211 Å². The Morgan fingerprint density at radius 1 is 0.339 bits per heavy atom. The minimum absolute atomic E-state index is 0.365. The summed E-state index contributed by atoms with van der Waals surface area (Å²) in [5, 5.41) is 2.27. The first-order valence-electron chi connectivity index (χ1n) is 20.6. The maximum Gasteiger partial charge on any atom is 0.135 e. The molecule has 0 saturated heterocycles. The number of benzene rings is 9. The van der Waals surface area contributed by atoms with Crippen LogP contribution in [-0.4, -0.2) is 0 Å². The molecule has 59 heavy (non-hydrogen) atoms. The number of anilines is 3. The summed E-state index contributed by atoms with van der Waals surface area (Å²) in [7, 11) is 0. The van der Waals surface area contributed by atoms with Crippen LogP contribution in [-0.2, 0) is 10.8 Å². The van der Waals surface area contributed by atoms with E-state index in [-0.39, 0.29) is 5.41 Å². The van der Waals surface area contributed by atoms with Crippen molar-refractivity contribution in [2.24, 2.45) is 0 Å². The number of fused-ring (bicyclic) bond motifs is 16. The van der Waals surface area contributed by atoms with Gasteiger partial charge in [-0.3, -0.25) is 0 Å². The van der Waals surface area contributed by atoms with Crippen LogP contribution < -0.4 is 4.90 Å². The summed E-state index contributed by atoms with van der Waals surface area (Å²) >= 11 is 0. The van der Waals surface area contributed by atoms with Gasteiger partial charge in [0, 0.05) is 33.2 Å². The van der Waals surface area contributed by atoms with Gasteiger partial charge in [-0.2, -0.15) is 0 Å². The average molecular weight is 752 g/mol. The predicted molar refractivity (Wildman–Crippen MR) is 242 cm³/mol. The Bertz CT molecular complexity index is 3260. The van der Waals surface area contributed by atoms with Crippen molar-refractivity contribution in [2.45, 2.75) is 17.8 Å². The van der Waals surface area contributed by atoms with Crippen LogP contribution in [0.4, 0.5) is 17.1 Å². The summed E-state index contributed by atoms with van der Waals surface area (Å²) in [6, 6.07) is 76.2. The van der Waals surface area contributed by atoms with Crippen LogP contribution in [0.25, 0.3) is 55.3 Å². The van der Waals surface area contributed by atoms with E-state index in [1.807, 2.05) is 0 Å². The lowest BCUT2D eigenvalue weighted by molar-refractivity contribution is 0.666. The highest BCUT2D eigenvalue weighted by Gasteiger charge is 2.51. The minimum atomic E-state index is -0.430. The van der Waals surface area contributed by atoms with E-state index < -0.39 is 5.41 Å². The molecule has 1 aromatic heterocycles. The van der Waals surface area contributed by atoms with Gasteiger partial charge in [-0.25, -0.2) is 0 Å². The Kier molecular flexibility index (Phi) is 6.54. The van der Waals surface area contributed by atoms with Gasteiger partial charge < -0.3 is 9.32 Å². The molecule has 0 N–H and O–H groups in total. The number of para-hydroxylation sites is 1. The molecule has 0 saturated carbocycles. The Balaban J connectivity index is 1.05. The van der Waals surface area contributed by atoms with Crippen LogP contribution in [0.3, 0.4) is 0 Å². The van der Waals surface area contributed by atoms with E-state index in [2.05, 4.69) is 218 Å². The van der Waals surface area contributed by atoms with E-state index >= 15 is 0 Å². The predicted octanol–water partition coefficient (Wildman–Crippen LogP) is 14.7. The van der Waals surface area contributed by atoms with Gasteiger partial charge in [0.15, 0.2) is 0 Å². The number of nitrogens with zero attached hydrogens (tertiary/aromatic N) is 1. The topological polar surface area (TPSA) is 16.4 Å². The van der Waals surface area contributed by atoms with Crippen molar-refractivity contribution in [3.05, 3.63) is 245 Å². The number of furan rings is 1. The zero-order valence-corrected chi connectivity index (χ0v) is 32.5. The number of hydrogen-bond acceptors (Lipinski definition) is 2. The van der Waals surface area contributed by atoms with Gasteiger partial charge in [0.05, 0.1) is 5.41 Å². The summed E-state index contributed by atoms with van der Waals surface area (Å²) in [5.41, 5.74) is 21.4. The summed E-state index contributed by atoms with van der Waals surface area (Å²) in [4.78, 5) is 2.42. The molecule has 0 unspecified atom stereocenters. The maximum absolute atomic E-state index is 6.73. The first-order valence-corrected chi connectivity index (χ1v) is 20.6. The molecule has 9 aromatic carbocycles. The lowest BCUT2D eigenvalue weighted by Gasteiger charge is -2.32.